The molecule has 3 rings (SSSR count). The highest BCUT2D eigenvalue weighted by Crippen LogP contribution is 2.37. The maximum Gasteiger partial charge on any atom is 0.498 e. The Kier molecular flexibility index (Phi) is 6.06. The molecule has 0 amide bonds. The topological polar surface area (TPSA) is 36.9 Å². The predicted octanol–water partition coefficient (Wildman–Crippen LogP) is 4.60. The zero-order valence-corrected chi connectivity index (χ0v) is 17.8. The van der Waals surface area contributed by atoms with Gasteiger partial charge in [-0.05, 0) is 45.2 Å². The van der Waals surface area contributed by atoms with E-state index in [0.717, 1.165) is 22.5 Å². The Labute approximate surface area is 169 Å². The van der Waals surface area contributed by atoms with E-state index >= 15 is 0 Å². The molecule has 5 heteroatoms. The maximum atomic E-state index is 6.24. The van der Waals surface area contributed by atoms with Crippen molar-refractivity contribution in [3.63, 3.8) is 0 Å². The first-order valence-electron chi connectivity index (χ1n) is 9.97. The number of hydrogen-bond acceptors (Lipinski definition) is 4. The van der Waals surface area contributed by atoms with Crippen LogP contribution in [0.2, 0.25) is 0 Å². The molecule has 0 aliphatic carbocycles. The lowest BCUT2D eigenvalue weighted by molar-refractivity contribution is 0.00578. The molecule has 1 heterocycles. The van der Waals surface area contributed by atoms with Crippen LogP contribution in [-0.2, 0) is 15.9 Å². The first-order chi connectivity index (χ1) is 13.2. The summed E-state index contributed by atoms with van der Waals surface area (Å²) in [7, 11) is -0.477. The summed E-state index contributed by atoms with van der Waals surface area (Å²) in [6.45, 7) is 13.6. The molecule has 0 unspecified atom stereocenters. The van der Waals surface area contributed by atoms with Crippen LogP contribution in [0.5, 0.6) is 11.5 Å². The third-order valence-corrected chi connectivity index (χ3v) is 5.31. The van der Waals surface area contributed by atoms with E-state index in [-0.39, 0.29) is 0 Å². The van der Waals surface area contributed by atoms with Crippen LogP contribution in [0.4, 0.5) is 0 Å². The molecular weight excluding hydrogens is 351 g/mol. The number of rotatable bonds is 7. The minimum Gasteiger partial charge on any atom is -0.493 e. The van der Waals surface area contributed by atoms with Crippen molar-refractivity contribution in [3.05, 3.63) is 54.1 Å². The highest BCUT2D eigenvalue weighted by Gasteiger charge is 2.52. The van der Waals surface area contributed by atoms with Crippen molar-refractivity contribution in [2.24, 2.45) is 5.92 Å². The predicted molar refractivity (Wildman–Crippen MR) is 113 cm³/mol. The van der Waals surface area contributed by atoms with Crippen molar-refractivity contribution in [2.45, 2.75) is 59.4 Å². The lowest BCUT2D eigenvalue weighted by Crippen LogP contribution is -2.41. The van der Waals surface area contributed by atoms with E-state index in [1.165, 1.54) is 0 Å². The second-order valence-electron chi connectivity index (χ2n) is 8.77. The Balaban J connectivity index is 1.85. The lowest BCUT2D eigenvalue weighted by Gasteiger charge is -2.32. The van der Waals surface area contributed by atoms with Crippen molar-refractivity contribution in [3.8, 4) is 11.5 Å². The Bertz CT molecular complexity index is 770. The monoisotopic (exact) mass is 382 g/mol. The van der Waals surface area contributed by atoms with Crippen molar-refractivity contribution in [1.82, 2.24) is 0 Å². The third-order valence-electron chi connectivity index (χ3n) is 5.31. The van der Waals surface area contributed by atoms with Gasteiger partial charge in [-0.3, -0.25) is 0 Å². The van der Waals surface area contributed by atoms with Crippen molar-refractivity contribution < 1.29 is 18.8 Å². The standard InChI is InChI=1S/C23H31BO4/c1-17(2)15-25-19-12-13-20(24-27-22(3,4)23(5,6)28-24)21(14-19)26-16-18-10-8-7-9-11-18/h7-14,17H,15-16H2,1-6H3. The Morgan fingerprint density at radius 1 is 0.893 bits per heavy atom. The van der Waals surface area contributed by atoms with Gasteiger partial charge in [0.05, 0.1) is 17.8 Å². The van der Waals surface area contributed by atoms with E-state index in [1.807, 2.05) is 48.5 Å². The Morgan fingerprint density at radius 2 is 1.54 bits per heavy atom. The van der Waals surface area contributed by atoms with Gasteiger partial charge in [0, 0.05) is 11.5 Å². The van der Waals surface area contributed by atoms with Gasteiger partial charge in [-0.15, -0.1) is 0 Å². The quantitative estimate of drug-likeness (QED) is 0.656. The minimum absolute atomic E-state index is 0.402. The molecule has 2 aromatic carbocycles. The maximum absolute atomic E-state index is 6.24. The molecule has 0 bridgehead atoms. The van der Waals surface area contributed by atoms with Gasteiger partial charge in [0.1, 0.15) is 18.1 Å². The van der Waals surface area contributed by atoms with E-state index in [0.29, 0.717) is 19.1 Å². The summed E-state index contributed by atoms with van der Waals surface area (Å²) in [4.78, 5) is 0. The molecule has 0 radical (unpaired) electrons. The lowest BCUT2D eigenvalue weighted by atomic mass is 9.78. The smallest absolute Gasteiger partial charge is 0.493 e. The normalized spacial score (nSPS) is 17.8. The van der Waals surface area contributed by atoms with Crippen LogP contribution in [0.3, 0.4) is 0 Å². The second kappa shape index (κ2) is 8.18. The summed E-state index contributed by atoms with van der Waals surface area (Å²) in [5, 5.41) is 0. The third kappa shape index (κ3) is 4.71. The number of benzene rings is 2. The molecule has 2 aromatic rings. The van der Waals surface area contributed by atoms with Crippen molar-refractivity contribution in [1.29, 1.82) is 0 Å². The zero-order valence-electron chi connectivity index (χ0n) is 17.8. The fraction of sp³-hybridized carbons (Fsp3) is 0.478. The molecule has 1 fully saturated rings. The SMILES string of the molecule is CC(C)COc1ccc(B2OC(C)(C)C(C)(C)O2)c(OCc2ccccc2)c1. The van der Waals surface area contributed by atoms with Gasteiger partial charge in [0.2, 0.25) is 0 Å². The highest BCUT2D eigenvalue weighted by atomic mass is 16.7. The van der Waals surface area contributed by atoms with Gasteiger partial charge in [-0.1, -0.05) is 50.2 Å². The molecule has 1 aliphatic heterocycles. The average Bonchev–Trinajstić information content (AvgIpc) is 2.86. The Hall–Kier alpha value is -1.98. The van der Waals surface area contributed by atoms with Gasteiger partial charge in [-0.2, -0.15) is 0 Å². The minimum atomic E-state index is -0.477. The molecular formula is C23H31BO4. The molecule has 0 atom stereocenters. The van der Waals surface area contributed by atoms with E-state index in [4.69, 9.17) is 18.8 Å². The molecule has 0 aromatic heterocycles. The molecule has 0 saturated carbocycles. The van der Waals surface area contributed by atoms with Crippen LogP contribution in [0, 0.1) is 5.92 Å². The summed E-state index contributed by atoms with van der Waals surface area (Å²) in [6, 6.07) is 16.0. The van der Waals surface area contributed by atoms with Gasteiger partial charge in [-0.25, -0.2) is 0 Å². The van der Waals surface area contributed by atoms with E-state index in [1.54, 1.807) is 0 Å². The van der Waals surface area contributed by atoms with Crippen molar-refractivity contribution in [2.75, 3.05) is 6.61 Å². The molecule has 150 valence electrons. The largest absolute Gasteiger partial charge is 0.498 e. The van der Waals surface area contributed by atoms with Gasteiger partial charge in [0.15, 0.2) is 0 Å². The fourth-order valence-electron chi connectivity index (χ4n) is 2.89. The summed E-state index contributed by atoms with van der Waals surface area (Å²) in [6.07, 6.45) is 0. The van der Waals surface area contributed by atoms with E-state index < -0.39 is 18.3 Å². The molecule has 28 heavy (non-hydrogen) atoms. The molecule has 1 aliphatic rings. The van der Waals surface area contributed by atoms with Crippen LogP contribution in [-0.4, -0.2) is 24.9 Å². The van der Waals surface area contributed by atoms with Crippen LogP contribution in [0.25, 0.3) is 0 Å². The van der Waals surface area contributed by atoms with Crippen LogP contribution < -0.4 is 14.9 Å². The van der Waals surface area contributed by atoms with E-state index in [9.17, 15) is 0 Å². The van der Waals surface area contributed by atoms with E-state index in [2.05, 4.69) is 41.5 Å². The van der Waals surface area contributed by atoms with Crippen LogP contribution in [0.15, 0.2) is 48.5 Å². The van der Waals surface area contributed by atoms with Gasteiger partial charge in [0.25, 0.3) is 0 Å². The molecule has 0 spiro atoms. The first-order valence-corrected chi connectivity index (χ1v) is 9.97. The summed E-state index contributed by atoms with van der Waals surface area (Å²) in [5.74, 6) is 1.97. The van der Waals surface area contributed by atoms with Gasteiger partial charge < -0.3 is 18.8 Å². The summed E-state index contributed by atoms with van der Waals surface area (Å²) in [5.41, 5.74) is 1.19. The average molecular weight is 382 g/mol. The number of hydrogen-bond donors (Lipinski definition) is 0. The van der Waals surface area contributed by atoms with Gasteiger partial charge >= 0.3 is 7.12 Å². The second-order valence-corrected chi connectivity index (χ2v) is 8.77. The Morgan fingerprint density at radius 3 is 2.14 bits per heavy atom. The fourth-order valence-corrected chi connectivity index (χ4v) is 2.89. The summed E-state index contributed by atoms with van der Waals surface area (Å²) >= 11 is 0. The highest BCUT2D eigenvalue weighted by molar-refractivity contribution is 6.63. The molecule has 1 saturated heterocycles. The number of ether oxygens (including phenoxy) is 2. The van der Waals surface area contributed by atoms with Crippen LogP contribution >= 0.6 is 0 Å². The first kappa shape index (κ1) is 20.8. The zero-order chi connectivity index (χ0) is 20.4. The molecule has 0 N–H and O–H groups in total. The van der Waals surface area contributed by atoms with Crippen molar-refractivity contribution >= 4 is 12.6 Å². The van der Waals surface area contributed by atoms with Crippen LogP contribution in [0.1, 0.15) is 47.1 Å². The molecule has 4 nitrogen and oxygen atoms in total. The summed E-state index contributed by atoms with van der Waals surface area (Å²) < 4.78 is 24.6.